The summed E-state index contributed by atoms with van der Waals surface area (Å²) < 4.78 is 20.1. The monoisotopic (exact) mass is 475 g/mol. The predicted molar refractivity (Wildman–Crippen MR) is 129 cm³/mol. The Labute approximate surface area is 201 Å². The molecule has 1 aromatic heterocycles. The van der Waals surface area contributed by atoms with Gasteiger partial charge in [0.25, 0.3) is 0 Å². The minimum absolute atomic E-state index is 0.128. The van der Waals surface area contributed by atoms with E-state index in [0.29, 0.717) is 11.1 Å². The molecule has 3 aromatic carbocycles. The van der Waals surface area contributed by atoms with E-state index in [9.17, 15) is 9.18 Å². The van der Waals surface area contributed by atoms with Gasteiger partial charge in [-0.25, -0.2) is 9.18 Å². The van der Waals surface area contributed by atoms with E-state index in [1.165, 1.54) is 31.0 Å². The van der Waals surface area contributed by atoms with E-state index in [1.807, 2.05) is 49.5 Å². The number of aromatic nitrogens is 2. The smallest absolute Gasteiger partial charge is 0.339 e. The summed E-state index contributed by atoms with van der Waals surface area (Å²) in [5, 5.41) is 9.61. The summed E-state index contributed by atoms with van der Waals surface area (Å²) in [5.74, 6) is -0.742. The van der Waals surface area contributed by atoms with E-state index in [0.717, 1.165) is 26.7 Å². The molecule has 0 bridgehead atoms. The Morgan fingerprint density at radius 1 is 1.09 bits per heavy atom. The van der Waals surface area contributed by atoms with Gasteiger partial charge in [0.15, 0.2) is 0 Å². The summed E-state index contributed by atoms with van der Waals surface area (Å²) in [6, 6.07) is 23.1. The second-order valence-corrected chi connectivity index (χ2v) is 8.32. The Hall–Kier alpha value is -3.91. The summed E-state index contributed by atoms with van der Waals surface area (Å²) in [7, 11) is 3.19. The highest BCUT2D eigenvalue weighted by atomic mass is 32.2. The molecule has 0 radical (unpaired) electrons. The van der Waals surface area contributed by atoms with Crippen molar-refractivity contribution in [3.63, 3.8) is 0 Å². The normalized spacial score (nSPS) is 11.0. The van der Waals surface area contributed by atoms with Gasteiger partial charge >= 0.3 is 5.97 Å². The molecule has 172 valence electrons. The lowest BCUT2D eigenvalue weighted by atomic mass is 10.1. The van der Waals surface area contributed by atoms with Crippen molar-refractivity contribution in [2.75, 3.05) is 7.11 Å². The number of aryl methyl sites for hydroxylation is 1. The van der Waals surface area contributed by atoms with Crippen LogP contribution in [0.25, 0.3) is 11.3 Å². The van der Waals surface area contributed by atoms with Crippen molar-refractivity contribution in [1.29, 1.82) is 0 Å². The molecule has 0 spiro atoms. The Kier molecular flexibility index (Phi) is 7.39. The first kappa shape index (κ1) is 23.3. The summed E-state index contributed by atoms with van der Waals surface area (Å²) in [6.07, 6.45) is 1.59. The average molecular weight is 476 g/mol. The lowest BCUT2D eigenvalue weighted by Crippen LogP contribution is -2.03. The fourth-order valence-electron chi connectivity index (χ4n) is 3.34. The fraction of sp³-hybridized carbons (Fsp3) is 0.115. The lowest BCUT2D eigenvalue weighted by molar-refractivity contribution is 0.0597. The van der Waals surface area contributed by atoms with E-state index in [4.69, 9.17) is 14.7 Å². The number of methoxy groups -OCH3 is 1. The zero-order chi connectivity index (χ0) is 23.9. The fourth-order valence-corrected chi connectivity index (χ4v) is 4.39. The van der Waals surface area contributed by atoms with Crippen LogP contribution in [0.4, 0.5) is 4.39 Å². The number of benzene rings is 3. The molecule has 0 aliphatic carbocycles. The molecule has 0 amide bonds. The first-order valence-corrected chi connectivity index (χ1v) is 11.3. The molecule has 4 rings (SSSR count). The van der Waals surface area contributed by atoms with Gasteiger partial charge in [0.2, 0.25) is 0 Å². The second kappa shape index (κ2) is 10.8. The van der Waals surface area contributed by atoms with Gasteiger partial charge in [0.1, 0.15) is 23.1 Å². The van der Waals surface area contributed by atoms with Crippen LogP contribution in [0.15, 0.2) is 93.9 Å². The molecule has 0 atom stereocenters. The number of hydrogen-bond donors (Lipinski definition) is 0. The van der Waals surface area contributed by atoms with E-state index < -0.39 is 5.97 Å². The molecule has 4 aromatic rings. The molecule has 8 heteroatoms. The van der Waals surface area contributed by atoms with Crippen LogP contribution >= 0.6 is 11.8 Å². The highest BCUT2D eigenvalue weighted by Crippen LogP contribution is 2.36. The maximum atomic E-state index is 13.4. The van der Waals surface area contributed by atoms with Crippen LogP contribution in [-0.2, 0) is 23.2 Å². The van der Waals surface area contributed by atoms with Gasteiger partial charge in [-0.05, 0) is 29.8 Å². The van der Waals surface area contributed by atoms with Gasteiger partial charge in [-0.3, -0.25) is 4.68 Å². The second-order valence-electron chi connectivity index (χ2n) is 7.28. The zero-order valence-corrected chi connectivity index (χ0v) is 19.5. The minimum atomic E-state index is -0.415. The van der Waals surface area contributed by atoms with Crippen LogP contribution in [0.1, 0.15) is 21.5 Å². The molecule has 0 fully saturated rings. The van der Waals surface area contributed by atoms with Crippen molar-refractivity contribution in [3.8, 4) is 11.3 Å². The molecule has 0 saturated heterocycles. The molecule has 0 aliphatic rings. The maximum Gasteiger partial charge on any atom is 0.339 e. The molecule has 0 aliphatic heterocycles. The van der Waals surface area contributed by atoms with E-state index in [-0.39, 0.29) is 12.4 Å². The number of carbonyl (C=O) groups is 1. The lowest BCUT2D eigenvalue weighted by Gasteiger charge is -2.08. The van der Waals surface area contributed by atoms with Crippen molar-refractivity contribution in [2.24, 2.45) is 12.2 Å². The van der Waals surface area contributed by atoms with Crippen molar-refractivity contribution in [2.45, 2.75) is 16.5 Å². The zero-order valence-electron chi connectivity index (χ0n) is 18.6. The third-order valence-electron chi connectivity index (χ3n) is 4.95. The number of nitrogens with zero attached hydrogens (tertiary/aromatic N) is 3. The van der Waals surface area contributed by atoms with Gasteiger partial charge in [-0.2, -0.15) is 5.10 Å². The van der Waals surface area contributed by atoms with Crippen molar-refractivity contribution in [3.05, 3.63) is 101 Å². The number of halogens is 1. The van der Waals surface area contributed by atoms with Crippen molar-refractivity contribution in [1.82, 2.24) is 9.78 Å². The number of rotatable bonds is 8. The SMILES string of the molecule is COC(=O)c1ccccc1Sc1c(/C=N\OCc2cccc(F)c2)c(-c2ccccc2)nn1C. The quantitative estimate of drug-likeness (QED) is 0.185. The van der Waals surface area contributed by atoms with Gasteiger partial charge in [-0.15, -0.1) is 0 Å². The molecule has 34 heavy (non-hydrogen) atoms. The number of hydrogen-bond acceptors (Lipinski definition) is 6. The highest BCUT2D eigenvalue weighted by molar-refractivity contribution is 7.99. The van der Waals surface area contributed by atoms with Gasteiger partial charge in [0.05, 0.1) is 24.5 Å². The van der Waals surface area contributed by atoms with Crippen LogP contribution in [0, 0.1) is 5.82 Å². The number of ether oxygens (including phenoxy) is 1. The first-order valence-electron chi connectivity index (χ1n) is 10.4. The predicted octanol–water partition coefficient (Wildman–Crippen LogP) is 5.71. The van der Waals surface area contributed by atoms with Crippen LogP contribution in [0.5, 0.6) is 0 Å². The Morgan fingerprint density at radius 3 is 2.62 bits per heavy atom. The Balaban J connectivity index is 1.68. The summed E-state index contributed by atoms with van der Waals surface area (Å²) >= 11 is 1.39. The van der Waals surface area contributed by atoms with E-state index in [1.54, 1.807) is 35.2 Å². The third kappa shape index (κ3) is 5.35. The maximum absolute atomic E-state index is 13.4. The average Bonchev–Trinajstić information content (AvgIpc) is 3.17. The third-order valence-corrected chi connectivity index (χ3v) is 6.21. The summed E-state index contributed by atoms with van der Waals surface area (Å²) in [6.45, 7) is 0.128. The highest BCUT2D eigenvalue weighted by Gasteiger charge is 2.20. The molecule has 0 saturated carbocycles. The molecule has 0 N–H and O–H groups in total. The van der Waals surface area contributed by atoms with Crippen molar-refractivity contribution < 1.29 is 18.8 Å². The standard InChI is InChI=1S/C26H22FN3O3S/c1-30-25(34-23-14-7-6-13-21(23)26(31)32-2)22(24(29-30)19-10-4-3-5-11-19)16-28-33-17-18-9-8-12-20(27)15-18/h3-16H,17H2,1-2H3/b28-16-. The van der Waals surface area contributed by atoms with E-state index >= 15 is 0 Å². The van der Waals surface area contributed by atoms with Crippen LogP contribution in [-0.4, -0.2) is 29.1 Å². The van der Waals surface area contributed by atoms with E-state index in [2.05, 4.69) is 5.16 Å². The topological polar surface area (TPSA) is 65.7 Å². The Bertz CT molecular complexity index is 1320. The molecular weight excluding hydrogens is 453 g/mol. The van der Waals surface area contributed by atoms with Gasteiger partial charge in [0, 0.05) is 17.5 Å². The van der Waals surface area contributed by atoms with Crippen LogP contribution < -0.4 is 0 Å². The summed E-state index contributed by atoms with van der Waals surface area (Å²) in [4.78, 5) is 18.4. The largest absolute Gasteiger partial charge is 0.465 e. The van der Waals surface area contributed by atoms with Gasteiger partial charge < -0.3 is 9.57 Å². The number of oxime groups is 1. The summed E-state index contributed by atoms with van der Waals surface area (Å²) in [5.41, 5.74) is 3.51. The van der Waals surface area contributed by atoms with Crippen LogP contribution in [0.2, 0.25) is 0 Å². The molecule has 0 unspecified atom stereocenters. The number of esters is 1. The molecule has 1 heterocycles. The molecule has 6 nitrogen and oxygen atoms in total. The number of carbonyl (C=O) groups excluding carboxylic acids is 1. The van der Waals surface area contributed by atoms with Crippen molar-refractivity contribution >= 4 is 23.9 Å². The van der Waals surface area contributed by atoms with Crippen LogP contribution in [0.3, 0.4) is 0 Å². The minimum Gasteiger partial charge on any atom is -0.465 e. The first-order chi connectivity index (χ1) is 16.6. The molecular formula is C26H22FN3O3S. The Morgan fingerprint density at radius 2 is 1.85 bits per heavy atom. The van der Waals surface area contributed by atoms with Gasteiger partial charge in [-0.1, -0.05) is 71.5 Å².